The van der Waals surface area contributed by atoms with Crippen molar-refractivity contribution in [2.45, 2.75) is 6.92 Å². The van der Waals surface area contributed by atoms with Crippen LogP contribution in [-0.2, 0) is 0 Å². The van der Waals surface area contributed by atoms with E-state index in [1.807, 2.05) is 0 Å². The normalized spacial score (nSPS) is 9.38. The van der Waals surface area contributed by atoms with Gasteiger partial charge in [-0.05, 0) is 0 Å². The molecule has 36 valence electrons. The zero-order valence-electron chi connectivity index (χ0n) is 5.31. The van der Waals surface area contributed by atoms with Crippen LogP contribution in [-0.4, -0.2) is 49.0 Å². The fourth-order valence-electron chi connectivity index (χ4n) is 0.807. The van der Waals surface area contributed by atoms with Gasteiger partial charge in [-0.1, -0.05) is 0 Å². The van der Waals surface area contributed by atoms with E-state index in [1.54, 1.807) is 0 Å². The Balaban J connectivity index is 3.08. The standard InChI is InChI=1S/C7H7.K/c1-7-5-3-2-4-6-7;/h2-3,5-6H,1H3;. The van der Waals surface area contributed by atoms with Gasteiger partial charge in [0.25, 0.3) is 0 Å². The fourth-order valence-corrected chi connectivity index (χ4v) is 1.82. The average Bonchev–Trinajstić information content (AvgIpc) is 1.64. The van der Waals surface area contributed by atoms with Gasteiger partial charge in [0, 0.05) is 0 Å². The Morgan fingerprint density at radius 3 is 2.50 bits per heavy atom. The van der Waals surface area contributed by atoms with Crippen LogP contribution in [0.15, 0.2) is 24.3 Å². The van der Waals surface area contributed by atoms with Gasteiger partial charge >= 0.3 is 85.4 Å². The van der Waals surface area contributed by atoms with Crippen LogP contribution < -0.4 is -0.342 Å². The first-order valence-electron chi connectivity index (χ1n) is 2.82. The Hall–Kier alpha value is 0.856. The molecule has 8 heavy (non-hydrogen) atoms. The van der Waals surface area contributed by atoms with E-state index in [0.29, 0.717) is 0 Å². The minimum absolute atomic E-state index is 0.846. The van der Waals surface area contributed by atoms with Crippen LogP contribution in [0.3, 0.4) is 0 Å². The first kappa shape index (κ1) is 6.97. The van der Waals surface area contributed by atoms with Crippen LogP contribution >= 0.6 is 0 Å². The Kier molecular flexibility index (Phi) is 2.73. The molecule has 0 aromatic heterocycles. The third-order valence-electron chi connectivity index (χ3n) is 1.17. The maximum atomic E-state index is 2.25. The van der Waals surface area contributed by atoms with E-state index < -0.39 is 0 Å². The summed E-state index contributed by atoms with van der Waals surface area (Å²) in [5.74, 6) is 0. The van der Waals surface area contributed by atoms with E-state index >= 15 is 0 Å². The Morgan fingerprint density at radius 2 is 2.12 bits per heavy atom. The van der Waals surface area contributed by atoms with Gasteiger partial charge < -0.3 is 0 Å². The van der Waals surface area contributed by atoms with E-state index in [2.05, 4.69) is 31.2 Å². The maximum absolute atomic E-state index is 2.25. The second kappa shape index (κ2) is 3.13. The van der Waals surface area contributed by atoms with E-state index in [1.165, 1.54) is 5.22 Å². The van der Waals surface area contributed by atoms with E-state index in [0.717, 1.165) is 49.0 Å². The second-order valence-corrected chi connectivity index (χ2v) is 3.96. The summed E-state index contributed by atoms with van der Waals surface area (Å²) in [5, 5.41) is 0. The van der Waals surface area contributed by atoms with Crippen molar-refractivity contribution in [3.05, 3.63) is 29.8 Å². The van der Waals surface area contributed by atoms with Gasteiger partial charge in [-0.3, -0.25) is 0 Å². The summed E-state index contributed by atoms with van der Waals surface area (Å²) in [6, 6.07) is 8.69. The third-order valence-corrected chi connectivity index (χ3v) is 2.14. The van der Waals surface area contributed by atoms with E-state index in [-0.39, 0.29) is 0 Å². The van der Waals surface area contributed by atoms with Crippen LogP contribution in [0.4, 0.5) is 0 Å². The molecule has 0 amide bonds. The number of aryl methyl sites for hydroxylation is 1. The minimum atomic E-state index is 0.846. The van der Waals surface area contributed by atoms with Crippen LogP contribution in [0, 0.1) is 6.92 Å². The molecular formula is C7H7K. The predicted molar refractivity (Wildman–Crippen MR) is 36.6 cm³/mol. The first-order chi connectivity index (χ1) is 3.79. The molecule has 0 nitrogen and oxygen atoms in total. The van der Waals surface area contributed by atoms with Crippen molar-refractivity contribution in [2.75, 3.05) is 0 Å². The third kappa shape index (κ3) is 2.00. The summed E-state index contributed by atoms with van der Waals surface area (Å²) in [7, 11) is 0. The molecule has 0 aliphatic heterocycles. The number of benzene rings is 1. The molecule has 1 aromatic rings. The van der Waals surface area contributed by atoms with Gasteiger partial charge in [0.1, 0.15) is 0 Å². The molecule has 0 saturated heterocycles. The molecule has 0 heterocycles. The molecule has 0 aliphatic rings. The molecule has 0 saturated carbocycles. The molecule has 0 spiro atoms. The molecule has 1 heteroatoms. The summed E-state index contributed by atoms with van der Waals surface area (Å²) >= 11 is 0.846. The number of rotatable bonds is 0. The Bertz CT molecular complexity index is 164. The van der Waals surface area contributed by atoms with Gasteiger partial charge in [0.15, 0.2) is 0 Å². The molecular weight excluding hydrogens is 123 g/mol. The van der Waals surface area contributed by atoms with Gasteiger partial charge in [0.2, 0.25) is 0 Å². The topological polar surface area (TPSA) is 0 Å². The molecule has 1 rings (SSSR count). The summed E-state index contributed by atoms with van der Waals surface area (Å²) in [4.78, 5) is 0. The molecule has 0 unspecified atom stereocenters. The van der Waals surface area contributed by atoms with Crippen LogP contribution in [0.25, 0.3) is 0 Å². The molecule has 0 radical (unpaired) electrons. The van der Waals surface area contributed by atoms with Crippen molar-refractivity contribution >= 4 is 48.6 Å². The van der Waals surface area contributed by atoms with Crippen LogP contribution in [0.2, 0.25) is 0 Å². The van der Waals surface area contributed by atoms with Crippen LogP contribution in [0.1, 0.15) is 5.56 Å². The Labute approximate surface area is 83.9 Å². The van der Waals surface area contributed by atoms with E-state index in [4.69, 9.17) is 0 Å². The number of hydrogen-bond acceptors (Lipinski definition) is 0. The van der Waals surface area contributed by atoms with E-state index in [9.17, 15) is 0 Å². The summed E-state index contributed by atoms with van der Waals surface area (Å²) < 4.78 is 1.53. The first-order valence-corrected chi connectivity index (χ1v) is 4.38. The fraction of sp³-hybridized carbons (Fsp3) is 0.143. The van der Waals surface area contributed by atoms with Crippen molar-refractivity contribution in [3.8, 4) is 0 Å². The zero-order chi connectivity index (χ0) is 5.98. The molecule has 0 bridgehead atoms. The summed E-state index contributed by atoms with van der Waals surface area (Å²) in [6.07, 6.45) is 0. The summed E-state index contributed by atoms with van der Waals surface area (Å²) in [6.45, 7) is 2.13. The molecule has 0 aliphatic carbocycles. The van der Waals surface area contributed by atoms with Crippen molar-refractivity contribution in [2.24, 2.45) is 0 Å². The second-order valence-electron chi connectivity index (χ2n) is 2.16. The monoisotopic (exact) mass is 130 g/mol. The summed E-state index contributed by atoms with van der Waals surface area (Å²) in [5.41, 5.74) is 1.38. The number of hydrogen-bond donors (Lipinski definition) is 0. The molecule has 0 fully saturated rings. The zero-order valence-corrected chi connectivity index (χ0v) is 8.43. The van der Waals surface area contributed by atoms with Gasteiger partial charge in [-0.25, -0.2) is 0 Å². The van der Waals surface area contributed by atoms with Crippen molar-refractivity contribution in [1.82, 2.24) is 0 Å². The van der Waals surface area contributed by atoms with Crippen molar-refractivity contribution in [1.29, 1.82) is 0 Å². The molecule has 0 atom stereocenters. The van der Waals surface area contributed by atoms with Crippen molar-refractivity contribution in [3.63, 3.8) is 0 Å². The van der Waals surface area contributed by atoms with Gasteiger partial charge in [-0.2, -0.15) is 0 Å². The average molecular weight is 130 g/mol. The SMILES string of the molecule is Cc1ccc[c]([K])c1. The Morgan fingerprint density at radius 1 is 1.38 bits per heavy atom. The molecule has 0 N–H and O–H groups in total. The van der Waals surface area contributed by atoms with Crippen molar-refractivity contribution < 1.29 is 0 Å². The van der Waals surface area contributed by atoms with Gasteiger partial charge in [0.05, 0.1) is 0 Å². The molecule has 1 aromatic carbocycles. The quantitative estimate of drug-likeness (QED) is 0.455. The van der Waals surface area contributed by atoms with Gasteiger partial charge in [-0.15, -0.1) is 0 Å². The predicted octanol–water partition coefficient (Wildman–Crippen LogP) is 0.789. The van der Waals surface area contributed by atoms with Crippen LogP contribution in [0.5, 0.6) is 0 Å².